The SMILES string of the molecule is N#Cc1c(CCCNS(=O)(=O)c2c(F)cccc2F)nn(-c2ccc(F)cc2)c1N. The topological polar surface area (TPSA) is 114 Å². The van der Waals surface area contributed by atoms with Gasteiger partial charge in [0.1, 0.15) is 34.9 Å². The van der Waals surface area contributed by atoms with E-state index < -0.39 is 32.4 Å². The monoisotopic (exact) mass is 435 g/mol. The van der Waals surface area contributed by atoms with Gasteiger partial charge < -0.3 is 5.73 Å². The number of halogens is 3. The molecule has 11 heteroatoms. The molecular formula is C19H16F3N5O2S. The van der Waals surface area contributed by atoms with E-state index in [1.807, 2.05) is 6.07 Å². The normalized spacial score (nSPS) is 11.4. The molecule has 0 aliphatic rings. The van der Waals surface area contributed by atoms with Crippen molar-refractivity contribution >= 4 is 15.8 Å². The van der Waals surface area contributed by atoms with Crippen LogP contribution in [0.25, 0.3) is 5.69 Å². The average molecular weight is 435 g/mol. The van der Waals surface area contributed by atoms with Crippen molar-refractivity contribution in [3.8, 4) is 11.8 Å². The predicted octanol–water partition coefficient (Wildman–Crippen LogP) is 2.65. The van der Waals surface area contributed by atoms with Crippen molar-refractivity contribution in [2.75, 3.05) is 12.3 Å². The van der Waals surface area contributed by atoms with E-state index >= 15 is 0 Å². The lowest BCUT2D eigenvalue weighted by Crippen LogP contribution is -2.27. The highest BCUT2D eigenvalue weighted by molar-refractivity contribution is 7.89. The van der Waals surface area contributed by atoms with Gasteiger partial charge >= 0.3 is 0 Å². The second-order valence-electron chi connectivity index (χ2n) is 6.26. The lowest BCUT2D eigenvalue weighted by Gasteiger charge is -2.08. The van der Waals surface area contributed by atoms with Crippen LogP contribution in [0.15, 0.2) is 47.4 Å². The van der Waals surface area contributed by atoms with Gasteiger partial charge in [-0.3, -0.25) is 0 Å². The van der Waals surface area contributed by atoms with Crippen molar-refractivity contribution in [1.29, 1.82) is 5.26 Å². The van der Waals surface area contributed by atoms with E-state index in [-0.39, 0.29) is 30.8 Å². The molecule has 2 aromatic carbocycles. The fraction of sp³-hybridized carbons (Fsp3) is 0.158. The zero-order valence-corrected chi connectivity index (χ0v) is 16.3. The molecule has 0 spiro atoms. The second-order valence-corrected chi connectivity index (χ2v) is 7.96. The maximum Gasteiger partial charge on any atom is 0.246 e. The van der Waals surface area contributed by atoms with Gasteiger partial charge in [0.05, 0.1) is 11.4 Å². The minimum absolute atomic E-state index is 0.0631. The van der Waals surface area contributed by atoms with Crippen LogP contribution in [0, 0.1) is 28.8 Å². The summed E-state index contributed by atoms with van der Waals surface area (Å²) in [5.74, 6) is -2.77. The number of rotatable bonds is 7. The highest BCUT2D eigenvalue weighted by atomic mass is 32.2. The summed E-state index contributed by atoms with van der Waals surface area (Å²) in [4.78, 5) is -1.05. The zero-order valence-electron chi connectivity index (χ0n) is 15.4. The number of aromatic nitrogens is 2. The first-order chi connectivity index (χ1) is 14.2. The van der Waals surface area contributed by atoms with Crippen LogP contribution in [0.4, 0.5) is 19.0 Å². The third kappa shape index (κ3) is 4.29. The molecule has 0 atom stereocenters. The molecule has 3 N–H and O–H groups in total. The summed E-state index contributed by atoms with van der Waals surface area (Å²) in [5.41, 5.74) is 6.84. The molecule has 0 unspecified atom stereocenters. The van der Waals surface area contributed by atoms with Crippen LogP contribution >= 0.6 is 0 Å². The molecule has 0 bridgehead atoms. The summed E-state index contributed by atoms with van der Waals surface area (Å²) in [6, 6.07) is 10.0. The maximum absolute atomic E-state index is 13.7. The number of nitrogens with two attached hydrogens (primary N) is 1. The summed E-state index contributed by atoms with van der Waals surface area (Å²) >= 11 is 0. The molecule has 30 heavy (non-hydrogen) atoms. The smallest absolute Gasteiger partial charge is 0.246 e. The third-order valence-corrected chi connectivity index (χ3v) is 5.76. The van der Waals surface area contributed by atoms with E-state index in [0.29, 0.717) is 11.4 Å². The molecule has 0 radical (unpaired) electrons. The quantitative estimate of drug-likeness (QED) is 0.554. The number of hydrogen-bond acceptors (Lipinski definition) is 5. The minimum Gasteiger partial charge on any atom is -0.382 e. The highest BCUT2D eigenvalue weighted by Crippen LogP contribution is 2.22. The van der Waals surface area contributed by atoms with E-state index in [4.69, 9.17) is 5.73 Å². The standard InChI is InChI=1S/C19H16F3N5O2S/c20-12-6-8-13(9-7-12)27-19(24)14(11-23)17(26-27)5-2-10-25-30(28,29)18-15(21)3-1-4-16(18)22/h1,3-4,6-9,25H,2,5,10,24H2. The number of nitrogens with one attached hydrogen (secondary N) is 1. The molecular weight excluding hydrogens is 419 g/mol. The van der Waals surface area contributed by atoms with Crippen LogP contribution in [0.5, 0.6) is 0 Å². The Kier molecular flexibility index (Phi) is 6.09. The number of hydrogen-bond donors (Lipinski definition) is 2. The van der Waals surface area contributed by atoms with Crippen molar-refractivity contribution in [2.24, 2.45) is 0 Å². The van der Waals surface area contributed by atoms with Crippen LogP contribution in [0.2, 0.25) is 0 Å². The summed E-state index contributed by atoms with van der Waals surface area (Å²) in [6.07, 6.45) is 0.355. The Hall–Kier alpha value is -3.36. The first-order valence-electron chi connectivity index (χ1n) is 8.71. The molecule has 0 aliphatic carbocycles. The summed E-state index contributed by atoms with van der Waals surface area (Å²) in [6.45, 7) is -0.149. The number of aryl methyl sites for hydroxylation is 1. The molecule has 3 aromatic rings. The molecule has 1 heterocycles. The molecule has 0 saturated heterocycles. The van der Waals surface area contributed by atoms with Crippen LogP contribution in [-0.4, -0.2) is 24.7 Å². The lowest BCUT2D eigenvalue weighted by atomic mass is 10.1. The Bertz CT molecular complexity index is 1200. The highest BCUT2D eigenvalue weighted by Gasteiger charge is 2.23. The molecule has 0 amide bonds. The number of benzene rings is 2. The number of anilines is 1. The molecule has 0 saturated carbocycles. The Morgan fingerprint density at radius 1 is 1.10 bits per heavy atom. The largest absolute Gasteiger partial charge is 0.382 e. The van der Waals surface area contributed by atoms with Crippen LogP contribution in [0.3, 0.4) is 0 Å². The average Bonchev–Trinajstić information content (AvgIpc) is 3.01. The van der Waals surface area contributed by atoms with Crippen molar-refractivity contribution in [1.82, 2.24) is 14.5 Å². The maximum atomic E-state index is 13.7. The fourth-order valence-corrected chi connectivity index (χ4v) is 4.03. The van der Waals surface area contributed by atoms with Gasteiger partial charge in [-0.25, -0.2) is 31.0 Å². The Morgan fingerprint density at radius 2 is 1.73 bits per heavy atom. The van der Waals surface area contributed by atoms with E-state index in [0.717, 1.165) is 18.2 Å². The number of sulfonamides is 1. The number of nitrogens with zero attached hydrogens (tertiary/aromatic N) is 3. The molecule has 0 fully saturated rings. The summed E-state index contributed by atoms with van der Waals surface area (Å²) < 4.78 is 68.3. The first kappa shape index (κ1) is 21.4. The lowest BCUT2D eigenvalue weighted by molar-refractivity contribution is 0.513. The Morgan fingerprint density at radius 3 is 2.33 bits per heavy atom. The van der Waals surface area contributed by atoms with Crippen molar-refractivity contribution < 1.29 is 21.6 Å². The van der Waals surface area contributed by atoms with Gasteiger partial charge in [-0.2, -0.15) is 10.4 Å². The van der Waals surface area contributed by atoms with E-state index in [9.17, 15) is 26.9 Å². The molecule has 1 aromatic heterocycles. The van der Waals surface area contributed by atoms with E-state index in [2.05, 4.69) is 9.82 Å². The van der Waals surface area contributed by atoms with Crippen LogP contribution < -0.4 is 10.5 Å². The van der Waals surface area contributed by atoms with E-state index in [1.54, 1.807) is 0 Å². The predicted molar refractivity (Wildman–Crippen MR) is 103 cm³/mol. The summed E-state index contributed by atoms with van der Waals surface area (Å²) in [5, 5.41) is 13.6. The molecule has 3 rings (SSSR count). The van der Waals surface area contributed by atoms with Gasteiger partial charge in [0.25, 0.3) is 0 Å². The van der Waals surface area contributed by atoms with E-state index in [1.165, 1.54) is 28.9 Å². The number of nitrogen functional groups attached to an aromatic ring is 1. The van der Waals surface area contributed by atoms with Crippen molar-refractivity contribution in [3.05, 3.63) is 71.2 Å². The molecule has 156 valence electrons. The van der Waals surface area contributed by atoms with Crippen molar-refractivity contribution in [2.45, 2.75) is 17.7 Å². The number of nitriles is 1. The Labute approximate surface area is 170 Å². The van der Waals surface area contributed by atoms with Crippen LogP contribution in [0.1, 0.15) is 17.7 Å². The zero-order chi connectivity index (χ0) is 21.9. The van der Waals surface area contributed by atoms with Gasteiger partial charge in [0, 0.05) is 6.54 Å². The fourth-order valence-electron chi connectivity index (χ4n) is 2.83. The Balaban J connectivity index is 1.71. The second kappa shape index (κ2) is 8.56. The van der Waals surface area contributed by atoms with Gasteiger partial charge in [-0.15, -0.1) is 0 Å². The summed E-state index contributed by atoms with van der Waals surface area (Å²) in [7, 11) is -4.39. The molecule has 7 nitrogen and oxygen atoms in total. The molecule has 0 aliphatic heterocycles. The van der Waals surface area contributed by atoms with Gasteiger partial charge in [-0.05, 0) is 49.2 Å². The van der Waals surface area contributed by atoms with Crippen molar-refractivity contribution in [3.63, 3.8) is 0 Å². The minimum atomic E-state index is -4.39. The third-order valence-electron chi connectivity index (χ3n) is 4.25. The van der Waals surface area contributed by atoms with Gasteiger partial charge in [0.15, 0.2) is 4.90 Å². The van der Waals surface area contributed by atoms with Crippen LogP contribution in [-0.2, 0) is 16.4 Å². The first-order valence-corrected chi connectivity index (χ1v) is 10.2. The van der Waals surface area contributed by atoms with Gasteiger partial charge in [0.2, 0.25) is 10.0 Å². The van der Waals surface area contributed by atoms with Gasteiger partial charge in [-0.1, -0.05) is 6.07 Å².